The summed E-state index contributed by atoms with van der Waals surface area (Å²) in [5.41, 5.74) is 0.197. The molecule has 1 aliphatic rings. The molecule has 5 amide bonds. The fourth-order valence-electron chi connectivity index (χ4n) is 7.14. The first-order chi connectivity index (χ1) is 32.0. The van der Waals surface area contributed by atoms with E-state index in [2.05, 4.69) is 10.3 Å². The summed E-state index contributed by atoms with van der Waals surface area (Å²) < 4.78 is 43.8. The number of nitrogens with one attached hydrogen (secondary N) is 1. The van der Waals surface area contributed by atoms with Gasteiger partial charge in [-0.15, -0.1) is 5.01 Å². The van der Waals surface area contributed by atoms with Crippen LogP contribution < -0.4 is 10.3 Å². The van der Waals surface area contributed by atoms with Crippen molar-refractivity contribution in [2.75, 3.05) is 31.0 Å². The number of carbonyl (C=O) groups is 5. The van der Waals surface area contributed by atoms with Crippen molar-refractivity contribution in [2.45, 2.75) is 101 Å². The lowest BCUT2D eigenvalue weighted by Gasteiger charge is -2.39. The summed E-state index contributed by atoms with van der Waals surface area (Å²) in [5, 5.41) is 16.3. The molecule has 1 heterocycles. The van der Waals surface area contributed by atoms with Crippen LogP contribution in [0.1, 0.15) is 82.7 Å². The third-order valence-corrected chi connectivity index (χ3v) is 12.9. The van der Waals surface area contributed by atoms with E-state index in [1.54, 1.807) is 110 Å². The Morgan fingerprint density at radius 1 is 0.765 bits per heavy atom. The monoisotopic (exact) mass is 950 g/mol. The molecule has 2 N–H and O–H groups in total. The van der Waals surface area contributed by atoms with Gasteiger partial charge in [0.15, 0.2) is 15.9 Å². The maximum absolute atomic E-state index is 14.1. The molecule has 0 spiro atoms. The van der Waals surface area contributed by atoms with E-state index in [-0.39, 0.29) is 42.3 Å². The first-order valence-corrected chi connectivity index (χ1v) is 23.6. The number of carboxylic acid groups (broad SMARTS) is 1. The van der Waals surface area contributed by atoms with E-state index in [0.29, 0.717) is 40.1 Å². The van der Waals surface area contributed by atoms with Crippen LogP contribution in [-0.2, 0) is 48.4 Å². The van der Waals surface area contributed by atoms with Crippen LogP contribution in [0.3, 0.4) is 0 Å². The van der Waals surface area contributed by atoms with Gasteiger partial charge in [0, 0.05) is 44.1 Å². The molecule has 1 aliphatic carbocycles. The van der Waals surface area contributed by atoms with Crippen LogP contribution >= 0.6 is 0 Å². The number of fused-ring (bicyclic) bond motifs is 1. The van der Waals surface area contributed by atoms with Crippen LogP contribution in [0.25, 0.3) is 10.8 Å². The van der Waals surface area contributed by atoms with Gasteiger partial charge < -0.3 is 34.4 Å². The minimum atomic E-state index is -3.69. The second-order valence-corrected chi connectivity index (χ2v) is 20.8. The van der Waals surface area contributed by atoms with Gasteiger partial charge in [0.2, 0.25) is 0 Å². The Morgan fingerprint density at radius 3 is 2.06 bits per heavy atom. The van der Waals surface area contributed by atoms with Crippen LogP contribution in [0.5, 0.6) is 0 Å². The highest BCUT2D eigenvalue weighted by molar-refractivity contribution is 7.92. The highest BCUT2D eigenvalue weighted by atomic mass is 32.2. The number of likely N-dealkylation sites (N-methyl/N-ethyl adjacent to an activating group) is 1. The molecule has 1 aromatic heterocycles. The molecule has 1 unspecified atom stereocenters. The normalized spacial score (nSPS) is 13.2. The number of nitrogens with zero attached hydrogens (tertiary/aromatic N) is 5. The van der Waals surface area contributed by atoms with Gasteiger partial charge in [-0.25, -0.2) is 32.4 Å². The van der Waals surface area contributed by atoms with Crippen LogP contribution in [-0.4, -0.2) is 101 Å². The molecule has 1 atom stereocenters. The summed E-state index contributed by atoms with van der Waals surface area (Å²) in [5.74, 6) is -1.41. The predicted octanol–water partition coefficient (Wildman–Crippen LogP) is 9.37. The number of hydrogen-bond acceptors (Lipinski definition) is 12. The number of benzene rings is 4. The maximum atomic E-state index is 14.1. The van der Waals surface area contributed by atoms with Crippen LogP contribution in [0.2, 0.25) is 0 Å². The minimum Gasteiger partial charge on any atom is -0.479 e. The fraction of sp³-hybridized carbons (Fsp3) is 0.360. The molecule has 0 saturated heterocycles. The predicted molar refractivity (Wildman–Crippen MR) is 255 cm³/mol. The number of ether oxygens (including phenoxy) is 3. The Hall–Kier alpha value is -7.21. The van der Waals surface area contributed by atoms with Crippen molar-refractivity contribution in [1.82, 2.24) is 19.8 Å². The Labute approximate surface area is 396 Å². The molecule has 1 saturated carbocycles. The zero-order chi connectivity index (χ0) is 49.6. The number of rotatable bonds is 15. The van der Waals surface area contributed by atoms with Crippen molar-refractivity contribution in [3.63, 3.8) is 0 Å². The lowest BCUT2D eigenvalue weighted by atomic mass is 10.0. The van der Waals surface area contributed by atoms with E-state index in [1.807, 2.05) is 30.3 Å². The summed E-state index contributed by atoms with van der Waals surface area (Å²) in [4.78, 5) is 75.2. The van der Waals surface area contributed by atoms with E-state index in [0.717, 1.165) is 16.0 Å². The van der Waals surface area contributed by atoms with Crippen LogP contribution in [0, 0.1) is 0 Å². The SMILES string of the molecule is CN(CCc1cccc(C(C(=O)O)N(c2ccc3cnccc3c2)N(C(=O)OC(C)(C)C)C(=O)OC(C)(C)C)c1)C(=O)Nc1ccc(S(=O)(=O)C2CC2)c(CN(C)C(=O)OCc2ccccc2)c1. The molecule has 4 aromatic carbocycles. The number of amides is 5. The summed E-state index contributed by atoms with van der Waals surface area (Å²) in [6, 6.07) is 24.6. The van der Waals surface area contributed by atoms with Crippen LogP contribution in [0.4, 0.5) is 30.6 Å². The van der Waals surface area contributed by atoms with Crippen molar-refractivity contribution in [2.24, 2.45) is 0 Å². The topological polar surface area (TPSA) is 205 Å². The average molecular weight is 951 g/mol. The highest BCUT2D eigenvalue weighted by Gasteiger charge is 2.43. The number of pyridine rings is 1. The second-order valence-electron chi connectivity index (χ2n) is 18.6. The number of sulfone groups is 1. The van der Waals surface area contributed by atoms with E-state index >= 15 is 0 Å². The second kappa shape index (κ2) is 20.8. The van der Waals surface area contributed by atoms with Crippen molar-refractivity contribution in [1.29, 1.82) is 0 Å². The number of aliphatic carboxylic acids is 1. The van der Waals surface area contributed by atoms with Crippen molar-refractivity contribution in [3.05, 3.63) is 132 Å². The molecule has 18 heteroatoms. The fourth-order valence-corrected chi connectivity index (χ4v) is 9.01. The van der Waals surface area contributed by atoms with Gasteiger partial charge in [0.05, 0.1) is 22.4 Å². The standard InChI is InChI=1S/C50H58N6O11S/c1-49(2,3)66-47(61)56(48(62)67-50(4,5)6)55(40-19-17-37-30-51-25-23-35(37)29-40)43(44(57)58)36-16-12-15-33(27-36)24-26-53(7)45(59)52-39-18-22-42(68(63,64)41-20-21-41)38(28-39)31-54(8)46(60)65-32-34-13-10-9-11-14-34/h9-19,22-23,25,27-30,41,43H,20-21,24,26,31-32H2,1-8H3,(H,52,59)(H,57,58). The van der Waals surface area contributed by atoms with E-state index < -0.39 is 62.6 Å². The molecule has 360 valence electrons. The number of carboxylic acids is 1. The van der Waals surface area contributed by atoms with Gasteiger partial charge in [-0.2, -0.15) is 0 Å². The molecular weight excluding hydrogens is 893 g/mol. The summed E-state index contributed by atoms with van der Waals surface area (Å²) in [7, 11) is -0.617. The van der Waals surface area contributed by atoms with E-state index in [1.165, 1.54) is 35.0 Å². The molecule has 1 fully saturated rings. The maximum Gasteiger partial charge on any atom is 0.439 e. The van der Waals surface area contributed by atoms with Crippen molar-refractivity contribution >= 4 is 62.3 Å². The van der Waals surface area contributed by atoms with Gasteiger partial charge in [-0.1, -0.05) is 60.7 Å². The summed E-state index contributed by atoms with van der Waals surface area (Å²) >= 11 is 0. The summed E-state index contributed by atoms with van der Waals surface area (Å²) in [6.45, 7) is 9.77. The summed E-state index contributed by atoms with van der Waals surface area (Å²) in [6.07, 6.45) is 1.52. The Bertz CT molecular complexity index is 2740. The molecule has 0 radical (unpaired) electrons. The molecule has 0 aliphatic heterocycles. The zero-order valence-electron chi connectivity index (χ0n) is 39.5. The van der Waals surface area contributed by atoms with Gasteiger partial charge >= 0.3 is 30.3 Å². The average Bonchev–Trinajstić information content (AvgIpc) is 4.13. The van der Waals surface area contributed by atoms with Crippen molar-refractivity contribution < 1.29 is 51.7 Å². The molecule has 0 bridgehead atoms. The minimum absolute atomic E-state index is 0.0347. The smallest absolute Gasteiger partial charge is 0.439 e. The number of urea groups is 1. The van der Waals surface area contributed by atoms with Gasteiger partial charge in [0.25, 0.3) is 0 Å². The highest BCUT2D eigenvalue weighted by Crippen LogP contribution is 2.37. The molecule has 5 aromatic rings. The van der Waals surface area contributed by atoms with Crippen LogP contribution in [0.15, 0.2) is 114 Å². The van der Waals surface area contributed by atoms with Gasteiger partial charge in [0.1, 0.15) is 17.8 Å². The Kier molecular flexibility index (Phi) is 15.3. The molecule has 6 rings (SSSR count). The largest absolute Gasteiger partial charge is 0.479 e. The van der Waals surface area contributed by atoms with E-state index in [9.17, 15) is 37.5 Å². The third-order valence-electron chi connectivity index (χ3n) is 10.6. The van der Waals surface area contributed by atoms with Crippen molar-refractivity contribution in [3.8, 4) is 0 Å². The number of hydrogen-bond donors (Lipinski definition) is 2. The third kappa shape index (κ3) is 13.0. The molecule has 68 heavy (non-hydrogen) atoms. The quantitative estimate of drug-likeness (QED) is 0.0742. The number of hydrazine groups is 1. The number of anilines is 2. The number of aromatic nitrogens is 1. The number of carbonyl (C=O) groups excluding carboxylic acids is 4. The first kappa shape index (κ1) is 50.2. The molecule has 17 nitrogen and oxygen atoms in total. The Balaban J connectivity index is 1.24. The zero-order valence-corrected chi connectivity index (χ0v) is 40.3. The molecular formula is C50H58N6O11S. The van der Waals surface area contributed by atoms with E-state index in [4.69, 9.17) is 14.2 Å². The van der Waals surface area contributed by atoms with Gasteiger partial charge in [-0.05, 0) is 125 Å². The lowest BCUT2D eigenvalue weighted by Crippen LogP contribution is -2.56. The number of imide groups is 1. The lowest BCUT2D eigenvalue weighted by molar-refractivity contribution is -0.139. The Morgan fingerprint density at radius 2 is 1.43 bits per heavy atom. The van der Waals surface area contributed by atoms with Gasteiger partial charge in [-0.3, -0.25) is 9.99 Å². The first-order valence-electron chi connectivity index (χ1n) is 22.0.